The van der Waals surface area contributed by atoms with Crippen LogP contribution in [0, 0.1) is 0 Å². The van der Waals surface area contributed by atoms with E-state index < -0.39 is 17.8 Å². The molecule has 0 aromatic heterocycles. The van der Waals surface area contributed by atoms with Gasteiger partial charge in [0.2, 0.25) is 5.72 Å². The second-order valence-corrected chi connectivity index (χ2v) is 3.38. The quantitative estimate of drug-likeness (QED) is 0.566. The fourth-order valence-electron chi connectivity index (χ4n) is 1.41. The van der Waals surface area contributed by atoms with Crippen molar-refractivity contribution in [3.8, 4) is 0 Å². The number of alkyl carbamates (subject to hydrolysis) is 1. The zero-order valence-corrected chi connectivity index (χ0v) is 9.37. The molecular formula is C10H15NO5. The van der Waals surface area contributed by atoms with E-state index >= 15 is 0 Å². The summed E-state index contributed by atoms with van der Waals surface area (Å²) in [5.74, 6) is -0.640. The number of hydrogen-bond donors (Lipinski definition) is 1. The monoisotopic (exact) mass is 229 g/mol. The van der Waals surface area contributed by atoms with Crippen LogP contribution in [0.5, 0.6) is 0 Å². The molecule has 1 unspecified atom stereocenters. The number of ether oxygens (including phenoxy) is 3. The lowest BCUT2D eigenvalue weighted by molar-refractivity contribution is -0.169. The molecule has 0 saturated carbocycles. The maximum Gasteiger partial charge on any atom is 0.409 e. The molecule has 1 fully saturated rings. The maximum atomic E-state index is 11.7. The molecule has 0 radical (unpaired) electrons. The molecule has 1 aliphatic heterocycles. The predicted octanol–water partition coefficient (Wildman–Crippen LogP) is 0.578. The zero-order valence-electron chi connectivity index (χ0n) is 9.37. The Morgan fingerprint density at radius 1 is 1.62 bits per heavy atom. The van der Waals surface area contributed by atoms with Crippen molar-refractivity contribution in [1.29, 1.82) is 0 Å². The van der Waals surface area contributed by atoms with E-state index in [1.54, 1.807) is 6.92 Å². The van der Waals surface area contributed by atoms with Gasteiger partial charge in [-0.3, -0.25) is 5.32 Å². The highest BCUT2D eigenvalue weighted by molar-refractivity contribution is 5.85. The SMILES string of the molecule is C=C1COC(NC(=O)OC)(C(=O)OCC)C1. The molecule has 0 aromatic rings. The normalized spacial score (nSPS) is 24.0. The van der Waals surface area contributed by atoms with Crippen molar-refractivity contribution in [3.05, 3.63) is 12.2 Å². The fourth-order valence-corrected chi connectivity index (χ4v) is 1.41. The molecule has 90 valence electrons. The summed E-state index contributed by atoms with van der Waals surface area (Å²) in [6.07, 6.45) is -0.552. The number of amides is 1. The summed E-state index contributed by atoms with van der Waals surface area (Å²) in [6.45, 7) is 5.79. The highest BCUT2D eigenvalue weighted by Gasteiger charge is 2.47. The summed E-state index contributed by atoms with van der Waals surface area (Å²) in [6, 6.07) is 0. The Labute approximate surface area is 93.5 Å². The lowest BCUT2D eigenvalue weighted by Crippen LogP contribution is -2.55. The third kappa shape index (κ3) is 2.52. The highest BCUT2D eigenvalue weighted by atomic mass is 16.6. The average molecular weight is 229 g/mol. The van der Waals surface area contributed by atoms with Crippen LogP contribution in [0.25, 0.3) is 0 Å². The van der Waals surface area contributed by atoms with Crippen LogP contribution in [-0.4, -0.2) is 38.1 Å². The van der Waals surface area contributed by atoms with Crippen molar-refractivity contribution in [2.45, 2.75) is 19.1 Å². The Morgan fingerprint density at radius 3 is 2.75 bits per heavy atom. The molecule has 1 N–H and O–H groups in total. The molecule has 1 rings (SSSR count). The number of carbonyl (C=O) groups is 2. The van der Waals surface area contributed by atoms with E-state index in [2.05, 4.69) is 16.6 Å². The summed E-state index contributed by atoms with van der Waals surface area (Å²) in [5.41, 5.74) is -0.773. The van der Waals surface area contributed by atoms with Gasteiger partial charge in [0.05, 0.1) is 20.3 Å². The van der Waals surface area contributed by atoms with Crippen LogP contribution >= 0.6 is 0 Å². The van der Waals surface area contributed by atoms with Gasteiger partial charge in [0.15, 0.2) is 0 Å². The standard InChI is InChI=1S/C10H15NO5/c1-4-15-8(12)10(11-9(13)14-3)5-7(2)6-16-10/h2,4-6H2,1,3H3,(H,11,13). The van der Waals surface area contributed by atoms with Gasteiger partial charge in [-0.1, -0.05) is 6.58 Å². The van der Waals surface area contributed by atoms with Crippen molar-refractivity contribution in [2.75, 3.05) is 20.3 Å². The Hall–Kier alpha value is -1.56. The summed E-state index contributed by atoms with van der Waals surface area (Å²) in [7, 11) is 1.21. The van der Waals surface area contributed by atoms with Gasteiger partial charge in [-0.05, 0) is 12.5 Å². The number of carbonyl (C=O) groups excluding carboxylic acids is 2. The molecule has 1 aliphatic rings. The lowest BCUT2D eigenvalue weighted by Gasteiger charge is -2.25. The number of esters is 1. The number of nitrogens with one attached hydrogen (secondary N) is 1. The molecule has 6 nitrogen and oxygen atoms in total. The molecule has 1 heterocycles. The first-order valence-electron chi connectivity index (χ1n) is 4.88. The Kier molecular flexibility index (Phi) is 3.89. The minimum absolute atomic E-state index is 0.195. The van der Waals surface area contributed by atoms with Gasteiger partial charge in [-0.2, -0.15) is 0 Å². The minimum Gasteiger partial charge on any atom is -0.462 e. The van der Waals surface area contributed by atoms with Gasteiger partial charge in [-0.15, -0.1) is 0 Å². The maximum absolute atomic E-state index is 11.7. The van der Waals surface area contributed by atoms with Gasteiger partial charge < -0.3 is 14.2 Å². The van der Waals surface area contributed by atoms with Gasteiger partial charge in [0, 0.05) is 6.42 Å². The average Bonchev–Trinajstić information content (AvgIpc) is 2.61. The largest absolute Gasteiger partial charge is 0.462 e. The van der Waals surface area contributed by atoms with Crippen molar-refractivity contribution >= 4 is 12.1 Å². The number of methoxy groups -OCH3 is 1. The molecule has 1 amide bonds. The first-order chi connectivity index (χ1) is 7.54. The Balaban J connectivity index is 2.81. The smallest absolute Gasteiger partial charge is 0.409 e. The van der Waals surface area contributed by atoms with Gasteiger partial charge in [-0.25, -0.2) is 9.59 Å². The molecule has 1 atom stereocenters. The second-order valence-electron chi connectivity index (χ2n) is 3.38. The van der Waals surface area contributed by atoms with E-state index in [1.807, 2.05) is 0 Å². The molecule has 0 spiro atoms. The summed E-state index contributed by atoms with van der Waals surface area (Å²) in [5, 5.41) is 2.34. The molecule has 0 aromatic carbocycles. The molecule has 6 heteroatoms. The fraction of sp³-hybridized carbons (Fsp3) is 0.600. The first kappa shape index (κ1) is 12.5. The van der Waals surface area contributed by atoms with Crippen LogP contribution in [-0.2, 0) is 19.0 Å². The molecular weight excluding hydrogens is 214 g/mol. The topological polar surface area (TPSA) is 73.9 Å². The van der Waals surface area contributed by atoms with E-state index in [9.17, 15) is 9.59 Å². The molecule has 1 saturated heterocycles. The van der Waals surface area contributed by atoms with Gasteiger partial charge >= 0.3 is 12.1 Å². The van der Waals surface area contributed by atoms with Crippen LogP contribution in [0.3, 0.4) is 0 Å². The van der Waals surface area contributed by atoms with Gasteiger partial charge in [0.25, 0.3) is 0 Å². The lowest BCUT2D eigenvalue weighted by atomic mass is 10.1. The molecule has 0 aliphatic carbocycles. The van der Waals surface area contributed by atoms with Crippen LogP contribution in [0.4, 0.5) is 4.79 Å². The number of hydrogen-bond acceptors (Lipinski definition) is 5. The van der Waals surface area contributed by atoms with Gasteiger partial charge in [0.1, 0.15) is 0 Å². The third-order valence-electron chi connectivity index (χ3n) is 2.12. The van der Waals surface area contributed by atoms with Crippen molar-refractivity contribution in [2.24, 2.45) is 0 Å². The zero-order chi connectivity index (χ0) is 12.2. The van der Waals surface area contributed by atoms with Crippen molar-refractivity contribution in [3.63, 3.8) is 0 Å². The number of rotatable bonds is 3. The highest BCUT2D eigenvalue weighted by Crippen LogP contribution is 2.27. The minimum atomic E-state index is -1.49. The Bertz CT molecular complexity index is 314. The van der Waals surface area contributed by atoms with E-state index in [4.69, 9.17) is 9.47 Å². The van der Waals surface area contributed by atoms with Crippen LogP contribution < -0.4 is 5.32 Å². The van der Waals surface area contributed by atoms with Crippen LogP contribution in [0.15, 0.2) is 12.2 Å². The summed E-state index contributed by atoms with van der Waals surface area (Å²) < 4.78 is 14.5. The third-order valence-corrected chi connectivity index (χ3v) is 2.12. The van der Waals surface area contributed by atoms with E-state index in [0.717, 1.165) is 0 Å². The van der Waals surface area contributed by atoms with E-state index in [1.165, 1.54) is 7.11 Å². The van der Waals surface area contributed by atoms with E-state index in [0.29, 0.717) is 5.57 Å². The van der Waals surface area contributed by atoms with E-state index in [-0.39, 0.29) is 19.6 Å². The predicted molar refractivity (Wildman–Crippen MR) is 54.6 cm³/mol. The molecule has 16 heavy (non-hydrogen) atoms. The summed E-state index contributed by atoms with van der Waals surface area (Å²) in [4.78, 5) is 22.8. The van der Waals surface area contributed by atoms with Crippen molar-refractivity contribution < 1.29 is 23.8 Å². The molecule has 0 bridgehead atoms. The van der Waals surface area contributed by atoms with Crippen molar-refractivity contribution in [1.82, 2.24) is 5.32 Å². The summed E-state index contributed by atoms with van der Waals surface area (Å²) >= 11 is 0. The second kappa shape index (κ2) is 4.98. The van der Waals surface area contributed by atoms with Crippen LogP contribution in [0.2, 0.25) is 0 Å². The Morgan fingerprint density at radius 2 is 2.31 bits per heavy atom. The first-order valence-corrected chi connectivity index (χ1v) is 4.88. The van der Waals surface area contributed by atoms with Crippen LogP contribution in [0.1, 0.15) is 13.3 Å².